The largest absolute Gasteiger partial charge is 0.349 e. The Morgan fingerprint density at radius 2 is 1.89 bits per heavy atom. The van der Waals surface area contributed by atoms with Gasteiger partial charge in [-0.25, -0.2) is 8.78 Å². The SMILES string of the molecule is [CH2]CC(F)(CF)[C](F)F. The first-order chi connectivity index (χ1) is 4.06. The van der Waals surface area contributed by atoms with E-state index < -0.39 is 25.2 Å². The summed E-state index contributed by atoms with van der Waals surface area (Å²) in [4.78, 5) is 0. The fraction of sp³-hybridized carbons (Fsp3) is 0.600. The average Bonchev–Trinajstić information content (AvgIpc) is 1.86. The molecule has 1 unspecified atom stereocenters. The Labute approximate surface area is 50.9 Å². The molecule has 0 fully saturated rings. The lowest BCUT2D eigenvalue weighted by molar-refractivity contribution is 0.0351. The fourth-order valence-corrected chi connectivity index (χ4v) is 0.212. The molecule has 0 nitrogen and oxygen atoms in total. The lowest BCUT2D eigenvalue weighted by atomic mass is 10.1. The van der Waals surface area contributed by atoms with Crippen LogP contribution in [0.25, 0.3) is 0 Å². The highest BCUT2D eigenvalue weighted by atomic mass is 19.3. The molecule has 0 aromatic heterocycles. The van der Waals surface area contributed by atoms with E-state index in [1.54, 1.807) is 0 Å². The van der Waals surface area contributed by atoms with Gasteiger partial charge >= 0.3 is 6.43 Å². The molecule has 0 rings (SSSR count). The Kier molecular flexibility index (Phi) is 2.94. The molecule has 0 aromatic rings. The second-order valence-electron chi connectivity index (χ2n) is 1.61. The highest BCUT2D eigenvalue weighted by molar-refractivity contribution is 4.93. The third-order valence-corrected chi connectivity index (χ3v) is 0.947. The van der Waals surface area contributed by atoms with Gasteiger partial charge in [-0.2, -0.15) is 8.78 Å². The van der Waals surface area contributed by atoms with Crippen LogP contribution in [-0.4, -0.2) is 12.3 Å². The van der Waals surface area contributed by atoms with Gasteiger partial charge in [0.05, 0.1) is 0 Å². The first-order valence-corrected chi connectivity index (χ1v) is 2.29. The summed E-state index contributed by atoms with van der Waals surface area (Å²) in [5, 5.41) is 0. The molecule has 0 aliphatic carbocycles. The molecule has 0 amide bonds. The van der Waals surface area contributed by atoms with E-state index in [1.807, 2.05) is 0 Å². The van der Waals surface area contributed by atoms with Crippen LogP contribution >= 0.6 is 0 Å². The minimum absolute atomic E-state index is 0.772. The maximum absolute atomic E-state index is 12.1. The van der Waals surface area contributed by atoms with Crippen LogP contribution in [0.15, 0.2) is 0 Å². The Bertz CT molecular complexity index is 77.0. The first kappa shape index (κ1) is 8.72. The summed E-state index contributed by atoms with van der Waals surface area (Å²) in [6.07, 6.45) is -3.31. The Balaban J connectivity index is 3.92. The predicted molar refractivity (Wildman–Crippen MR) is 25.2 cm³/mol. The van der Waals surface area contributed by atoms with Gasteiger partial charge in [0.1, 0.15) is 6.67 Å². The normalized spacial score (nSPS) is 18.0. The Hall–Kier alpha value is -0.280. The van der Waals surface area contributed by atoms with Crippen molar-refractivity contribution in [2.75, 3.05) is 6.67 Å². The molecule has 54 valence electrons. The minimum atomic E-state index is -3.11. The summed E-state index contributed by atoms with van der Waals surface area (Å²) in [6.45, 7) is 1.12. The first-order valence-electron chi connectivity index (χ1n) is 2.29. The molecule has 2 radical (unpaired) electrons. The van der Waals surface area contributed by atoms with Crippen molar-refractivity contribution in [1.82, 2.24) is 0 Å². The molecule has 0 saturated carbocycles. The standard InChI is InChI=1S/C5H6F4/c1-2-5(9,3-6)4(7)8/h1-3H2. The summed E-state index contributed by atoms with van der Waals surface area (Å²) < 4.78 is 46.2. The van der Waals surface area contributed by atoms with Crippen molar-refractivity contribution < 1.29 is 17.6 Å². The van der Waals surface area contributed by atoms with Crippen molar-refractivity contribution in [2.45, 2.75) is 12.1 Å². The van der Waals surface area contributed by atoms with E-state index in [9.17, 15) is 17.6 Å². The summed E-state index contributed by atoms with van der Waals surface area (Å²) in [6, 6.07) is 0. The number of alkyl halides is 2. The van der Waals surface area contributed by atoms with Crippen LogP contribution in [0.5, 0.6) is 0 Å². The van der Waals surface area contributed by atoms with Gasteiger partial charge in [-0.15, -0.1) is 0 Å². The maximum Gasteiger partial charge on any atom is 0.349 e. The quantitative estimate of drug-likeness (QED) is 0.530. The zero-order chi connectivity index (χ0) is 7.49. The minimum Gasteiger partial charge on any atom is -0.247 e. The fourth-order valence-electron chi connectivity index (χ4n) is 0.212. The van der Waals surface area contributed by atoms with E-state index in [4.69, 9.17) is 0 Å². The molecule has 0 aliphatic rings. The van der Waals surface area contributed by atoms with Crippen LogP contribution in [0.2, 0.25) is 0 Å². The van der Waals surface area contributed by atoms with Gasteiger partial charge in [-0.3, -0.25) is 0 Å². The maximum atomic E-state index is 12.1. The number of halogens is 4. The van der Waals surface area contributed by atoms with Gasteiger partial charge in [-0.1, -0.05) is 0 Å². The second-order valence-corrected chi connectivity index (χ2v) is 1.61. The molecule has 4 heteroatoms. The third kappa shape index (κ3) is 1.84. The lowest BCUT2D eigenvalue weighted by Gasteiger charge is -2.15. The molecule has 1 atom stereocenters. The molecule has 0 saturated heterocycles. The third-order valence-electron chi connectivity index (χ3n) is 0.947. The topological polar surface area (TPSA) is 0 Å². The van der Waals surface area contributed by atoms with Gasteiger partial charge in [0.15, 0.2) is 0 Å². The molecular formula is C5H6F4. The van der Waals surface area contributed by atoms with Crippen LogP contribution in [0.1, 0.15) is 6.42 Å². The molecule has 0 bridgehead atoms. The van der Waals surface area contributed by atoms with Crippen molar-refractivity contribution in [2.24, 2.45) is 0 Å². The van der Waals surface area contributed by atoms with E-state index in [2.05, 4.69) is 6.92 Å². The molecular weight excluding hydrogens is 136 g/mol. The molecule has 0 spiro atoms. The highest BCUT2D eigenvalue weighted by Gasteiger charge is 2.40. The molecule has 0 N–H and O–H groups in total. The smallest absolute Gasteiger partial charge is 0.247 e. The van der Waals surface area contributed by atoms with Gasteiger partial charge in [0, 0.05) is 0 Å². The van der Waals surface area contributed by atoms with E-state index in [0.717, 1.165) is 0 Å². The molecule has 0 aliphatic heterocycles. The van der Waals surface area contributed by atoms with Crippen molar-refractivity contribution in [3.05, 3.63) is 13.3 Å². The van der Waals surface area contributed by atoms with E-state index in [0.29, 0.717) is 0 Å². The van der Waals surface area contributed by atoms with Crippen LogP contribution in [0.3, 0.4) is 0 Å². The molecule has 9 heavy (non-hydrogen) atoms. The number of hydrogen-bond donors (Lipinski definition) is 0. The van der Waals surface area contributed by atoms with Gasteiger partial charge in [0.2, 0.25) is 5.67 Å². The summed E-state index contributed by atoms with van der Waals surface area (Å²) in [5.74, 6) is 0. The zero-order valence-corrected chi connectivity index (χ0v) is 4.63. The van der Waals surface area contributed by atoms with Crippen LogP contribution < -0.4 is 0 Å². The zero-order valence-electron chi connectivity index (χ0n) is 4.63. The Morgan fingerprint density at radius 3 is 1.89 bits per heavy atom. The van der Waals surface area contributed by atoms with Crippen molar-refractivity contribution in [3.8, 4) is 0 Å². The summed E-state index contributed by atoms with van der Waals surface area (Å²) in [5.41, 5.74) is -3.11. The lowest BCUT2D eigenvalue weighted by Crippen LogP contribution is -2.28. The predicted octanol–water partition coefficient (Wildman–Crippen LogP) is 2.32. The molecule has 0 heterocycles. The summed E-state index contributed by atoms with van der Waals surface area (Å²) >= 11 is 0. The van der Waals surface area contributed by atoms with E-state index in [-0.39, 0.29) is 0 Å². The Morgan fingerprint density at radius 1 is 1.44 bits per heavy atom. The van der Waals surface area contributed by atoms with Crippen LogP contribution in [-0.2, 0) is 0 Å². The number of rotatable bonds is 3. The summed E-state index contributed by atoms with van der Waals surface area (Å²) in [7, 11) is 0. The van der Waals surface area contributed by atoms with Gasteiger partial charge in [-0.05, 0) is 13.3 Å². The second kappa shape index (κ2) is 3.03. The van der Waals surface area contributed by atoms with E-state index in [1.165, 1.54) is 0 Å². The molecule has 0 aromatic carbocycles. The average molecular weight is 142 g/mol. The van der Waals surface area contributed by atoms with Gasteiger partial charge < -0.3 is 0 Å². The van der Waals surface area contributed by atoms with Gasteiger partial charge in [0.25, 0.3) is 0 Å². The monoisotopic (exact) mass is 142 g/mol. The van der Waals surface area contributed by atoms with E-state index >= 15 is 0 Å². The van der Waals surface area contributed by atoms with Crippen LogP contribution in [0, 0.1) is 13.3 Å². The van der Waals surface area contributed by atoms with Crippen molar-refractivity contribution >= 4 is 0 Å². The highest BCUT2D eigenvalue weighted by Crippen LogP contribution is 2.30. The van der Waals surface area contributed by atoms with Crippen molar-refractivity contribution in [3.63, 3.8) is 0 Å². The van der Waals surface area contributed by atoms with Crippen molar-refractivity contribution in [1.29, 1.82) is 0 Å². The number of hydrogen-bond acceptors (Lipinski definition) is 0. The van der Waals surface area contributed by atoms with Crippen LogP contribution in [0.4, 0.5) is 17.6 Å².